The fraction of sp³-hybridized carbons (Fsp3) is 0.500. The van der Waals surface area contributed by atoms with Crippen molar-refractivity contribution < 1.29 is 13.9 Å². The van der Waals surface area contributed by atoms with Crippen molar-refractivity contribution in [3.05, 3.63) is 53.9 Å². The predicted octanol–water partition coefficient (Wildman–Crippen LogP) is 3.23. The molecule has 0 N–H and O–H groups in total. The molecule has 6 heteroatoms. The van der Waals surface area contributed by atoms with Crippen molar-refractivity contribution in [2.45, 2.75) is 45.9 Å². The van der Waals surface area contributed by atoms with E-state index < -0.39 is 0 Å². The van der Waals surface area contributed by atoms with Gasteiger partial charge in [-0.15, -0.1) is 0 Å². The number of halogens is 1. The summed E-state index contributed by atoms with van der Waals surface area (Å²) < 4.78 is 21.6. The van der Waals surface area contributed by atoms with E-state index in [1.165, 1.54) is 6.07 Å². The minimum Gasteiger partial charge on any atom is -0.376 e. The highest BCUT2D eigenvalue weighted by molar-refractivity contribution is 5.78. The molecule has 1 atom stereocenters. The summed E-state index contributed by atoms with van der Waals surface area (Å²) in [6.45, 7) is 5.93. The molecule has 26 heavy (non-hydrogen) atoms. The van der Waals surface area contributed by atoms with Gasteiger partial charge in [0.05, 0.1) is 19.2 Å². The lowest BCUT2D eigenvalue weighted by molar-refractivity contribution is -0.136. The van der Waals surface area contributed by atoms with E-state index in [2.05, 4.69) is 4.98 Å². The Bertz CT molecular complexity index is 738. The Kier molecular flexibility index (Phi) is 6.04. The van der Waals surface area contributed by atoms with Crippen LogP contribution in [0, 0.1) is 11.7 Å². The first-order chi connectivity index (χ1) is 12.5. The molecule has 1 aliphatic heterocycles. The van der Waals surface area contributed by atoms with E-state index in [-0.39, 0.29) is 23.7 Å². The smallest absolute Gasteiger partial charge is 0.225 e. The second kappa shape index (κ2) is 8.45. The summed E-state index contributed by atoms with van der Waals surface area (Å²) in [6, 6.07) is 6.72. The van der Waals surface area contributed by atoms with Gasteiger partial charge < -0.3 is 14.2 Å². The van der Waals surface area contributed by atoms with Gasteiger partial charge >= 0.3 is 0 Å². The number of benzene rings is 1. The molecule has 1 fully saturated rings. The van der Waals surface area contributed by atoms with Crippen molar-refractivity contribution in [3.63, 3.8) is 0 Å². The zero-order chi connectivity index (χ0) is 18.5. The van der Waals surface area contributed by atoms with Gasteiger partial charge in [-0.05, 0) is 18.9 Å². The minimum atomic E-state index is -0.235. The van der Waals surface area contributed by atoms with Gasteiger partial charge in [0.25, 0.3) is 0 Å². The Morgan fingerprint density at radius 3 is 2.92 bits per heavy atom. The van der Waals surface area contributed by atoms with E-state index in [4.69, 9.17) is 4.74 Å². The van der Waals surface area contributed by atoms with Crippen molar-refractivity contribution in [1.82, 2.24) is 14.5 Å². The number of nitrogens with zero attached hydrogens (tertiary/aromatic N) is 3. The average Bonchev–Trinajstić information content (AvgIpc) is 3.28. The van der Waals surface area contributed by atoms with Gasteiger partial charge in [0, 0.05) is 37.0 Å². The van der Waals surface area contributed by atoms with Crippen molar-refractivity contribution in [1.29, 1.82) is 0 Å². The summed E-state index contributed by atoms with van der Waals surface area (Å²) in [4.78, 5) is 18.9. The van der Waals surface area contributed by atoms with Crippen LogP contribution in [0.3, 0.4) is 0 Å². The molecule has 5 nitrogen and oxygen atoms in total. The van der Waals surface area contributed by atoms with Crippen LogP contribution < -0.4 is 0 Å². The van der Waals surface area contributed by atoms with Crippen molar-refractivity contribution in [3.8, 4) is 0 Å². The molecular weight excluding hydrogens is 333 g/mol. The van der Waals surface area contributed by atoms with E-state index in [0.29, 0.717) is 25.2 Å². The van der Waals surface area contributed by atoms with Crippen molar-refractivity contribution in [2.75, 3.05) is 13.2 Å². The summed E-state index contributed by atoms with van der Waals surface area (Å²) >= 11 is 0. The molecule has 1 aliphatic rings. The van der Waals surface area contributed by atoms with Gasteiger partial charge in [-0.25, -0.2) is 9.37 Å². The number of imidazole rings is 1. The summed E-state index contributed by atoms with van der Waals surface area (Å²) in [7, 11) is 0. The molecular formula is C20H26FN3O2. The van der Waals surface area contributed by atoms with Gasteiger partial charge in [0.15, 0.2) is 0 Å². The first-order valence-electron chi connectivity index (χ1n) is 9.18. The SMILES string of the molecule is CC(C)C(=O)N(Cc1nccn1Cc1ccccc1F)CC1CCCO1. The summed E-state index contributed by atoms with van der Waals surface area (Å²) in [5, 5.41) is 0. The largest absolute Gasteiger partial charge is 0.376 e. The van der Waals surface area contributed by atoms with Crippen LogP contribution in [0.2, 0.25) is 0 Å². The fourth-order valence-electron chi connectivity index (χ4n) is 3.25. The molecule has 140 valence electrons. The lowest BCUT2D eigenvalue weighted by atomic mass is 10.1. The van der Waals surface area contributed by atoms with Gasteiger partial charge in [0.2, 0.25) is 5.91 Å². The third-order valence-electron chi connectivity index (χ3n) is 4.69. The Balaban J connectivity index is 1.75. The van der Waals surface area contributed by atoms with Gasteiger partial charge in [-0.2, -0.15) is 0 Å². The first kappa shape index (κ1) is 18.6. The van der Waals surface area contributed by atoms with Crippen LogP contribution >= 0.6 is 0 Å². The third kappa shape index (κ3) is 4.49. The van der Waals surface area contributed by atoms with Crippen LogP contribution in [-0.2, 0) is 22.6 Å². The van der Waals surface area contributed by atoms with E-state index in [0.717, 1.165) is 25.3 Å². The molecule has 1 aromatic heterocycles. The highest BCUT2D eigenvalue weighted by Gasteiger charge is 2.25. The highest BCUT2D eigenvalue weighted by Crippen LogP contribution is 2.17. The van der Waals surface area contributed by atoms with E-state index in [9.17, 15) is 9.18 Å². The Morgan fingerprint density at radius 2 is 2.23 bits per heavy atom. The van der Waals surface area contributed by atoms with E-state index >= 15 is 0 Å². The average molecular weight is 359 g/mol. The van der Waals surface area contributed by atoms with Gasteiger partial charge in [-0.1, -0.05) is 32.0 Å². The van der Waals surface area contributed by atoms with Gasteiger partial charge in [-0.3, -0.25) is 4.79 Å². The Morgan fingerprint density at radius 1 is 1.42 bits per heavy atom. The maximum atomic E-state index is 14.0. The molecule has 1 saturated heterocycles. The summed E-state index contributed by atoms with van der Waals surface area (Å²) in [6.07, 6.45) is 5.63. The van der Waals surface area contributed by atoms with Gasteiger partial charge in [0.1, 0.15) is 11.6 Å². The van der Waals surface area contributed by atoms with Crippen LogP contribution in [0.5, 0.6) is 0 Å². The second-order valence-electron chi connectivity index (χ2n) is 7.07. The van der Waals surface area contributed by atoms with Crippen LogP contribution in [0.15, 0.2) is 36.7 Å². The molecule has 0 saturated carbocycles. The van der Waals surface area contributed by atoms with E-state index in [1.807, 2.05) is 35.6 Å². The molecule has 0 bridgehead atoms. The maximum absolute atomic E-state index is 14.0. The predicted molar refractivity (Wildman–Crippen MR) is 97.0 cm³/mol. The zero-order valence-electron chi connectivity index (χ0n) is 15.4. The van der Waals surface area contributed by atoms with E-state index in [1.54, 1.807) is 18.3 Å². The number of carbonyl (C=O) groups excluding carboxylic acids is 1. The first-order valence-corrected chi connectivity index (χ1v) is 9.18. The molecule has 3 rings (SSSR count). The highest BCUT2D eigenvalue weighted by atomic mass is 19.1. The summed E-state index contributed by atoms with van der Waals surface area (Å²) in [5.41, 5.74) is 0.604. The Hall–Kier alpha value is -2.21. The van der Waals surface area contributed by atoms with Crippen molar-refractivity contribution >= 4 is 5.91 Å². The number of ether oxygens (including phenoxy) is 1. The van der Waals surface area contributed by atoms with Crippen molar-refractivity contribution in [2.24, 2.45) is 5.92 Å². The normalized spacial score (nSPS) is 17.0. The number of carbonyl (C=O) groups is 1. The number of hydrogen-bond donors (Lipinski definition) is 0. The molecule has 2 heterocycles. The molecule has 1 unspecified atom stereocenters. The van der Waals surface area contributed by atoms with Crippen LogP contribution in [0.1, 0.15) is 38.1 Å². The lowest BCUT2D eigenvalue weighted by Crippen LogP contribution is -2.39. The minimum absolute atomic E-state index is 0.0842. The quantitative estimate of drug-likeness (QED) is 0.762. The Labute approximate surface area is 153 Å². The molecule has 0 spiro atoms. The number of aromatic nitrogens is 2. The lowest BCUT2D eigenvalue weighted by Gasteiger charge is -2.27. The molecule has 2 aromatic rings. The maximum Gasteiger partial charge on any atom is 0.225 e. The topological polar surface area (TPSA) is 47.4 Å². The molecule has 1 aromatic carbocycles. The molecule has 0 radical (unpaired) electrons. The third-order valence-corrected chi connectivity index (χ3v) is 4.69. The second-order valence-corrected chi connectivity index (χ2v) is 7.07. The molecule has 0 aliphatic carbocycles. The van der Waals surface area contributed by atoms with Crippen LogP contribution in [0.4, 0.5) is 4.39 Å². The molecule has 1 amide bonds. The monoisotopic (exact) mass is 359 g/mol. The fourth-order valence-corrected chi connectivity index (χ4v) is 3.25. The van der Waals surface area contributed by atoms with Crippen LogP contribution in [-0.4, -0.2) is 39.6 Å². The zero-order valence-corrected chi connectivity index (χ0v) is 15.4. The standard InChI is InChI=1S/C20H26FN3O2/c1-15(2)20(25)24(13-17-7-5-11-26-17)14-19-22-9-10-23(19)12-16-6-3-4-8-18(16)21/h3-4,6,8-10,15,17H,5,7,11-14H2,1-2H3. The van der Waals surface area contributed by atoms with Crippen LogP contribution in [0.25, 0.3) is 0 Å². The number of amides is 1. The number of rotatable bonds is 7. The number of hydrogen-bond acceptors (Lipinski definition) is 3. The summed E-state index contributed by atoms with van der Waals surface area (Å²) in [5.74, 6) is 0.509.